The summed E-state index contributed by atoms with van der Waals surface area (Å²) in [7, 11) is 3.13. The summed E-state index contributed by atoms with van der Waals surface area (Å²) in [6.45, 7) is 0. The molecule has 0 heterocycles. The van der Waals surface area contributed by atoms with Gasteiger partial charge in [-0.15, -0.1) is 0 Å². The van der Waals surface area contributed by atoms with Crippen molar-refractivity contribution in [3.05, 3.63) is 23.8 Å². The Morgan fingerprint density at radius 3 is 2.50 bits per heavy atom. The molecule has 4 heteroatoms. The fraction of sp³-hybridized carbons (Fsp3) is 0.500. The minimum absolute atomic E-state index is 0.212. The highest BCUT2D eigenvalue weighted by molar-refractivity contribution is 5.78. The van der Waals surface area contributed by atoms with Gasteiger partial charge in [0, 0.05) is 5.56 Å². The number of carboxylic acids is 1. The Hall–Kier alpha value is -1.71. The van der Waals surface area contributed by atoms with Crippen LogP contribution >= 0.6 is 0 Å². The van der Waals surface area contributed by atoms with Crippen LogP contribution in [0, 0.1) is 5.92 Å². The van der Waals surface area contributed by atoms with E-state index in [1.807, 2.05) is 0 Å². The van der Waals surface area contributed by atoms with Crippen LogP contribution in [0.4, 0.5) is 0 Å². The number of aliphatic carboxylic acids is 1. The van der Waals surface area contributed by atoms with Crippen molar-refractivity contribution in [2.75, 3.05) is 14.2 Å². The van der Waals surface area contributed by atoms with Gasteiger partial charge in [0.25, 0.3) is 0 Å². The smallest absolute Gasteiger partial charge is 0.311 e. The molecule has 4 nitrogen and oxygen atoms in total. The van der Waals surface area contributed by atoms with E-state index in [-0.39, 0.29) is 5.92 Å². The molecule has 0 aromatic heterocycles. The number of carboxylic acid groups (broad SMARTS) is 1. The third-order valence-electron chi connectivity index (χ3n) is 3.66. The van der Waals surface area contributed by atoms with Gasteiger partial charge in [-0.3, -0.25) is 4.79 Å². The first-order valence-electron chi connectivity index (χ1n) is 6.12. The summed E-state index contributed by atoms with van der Waals surface area (Å²) in [5, 5.41) is 9.45. The molecule has 1 aliphatic carbocycles. The maximum Gasteiger partial charge on any atom is 0.311 e. The Morgan fingerprint density at radius 1 is 1.33 bits per heavy atom. The van der Waals surface area contributed by atoms with Crippen LogP contribution in [0.1, 0.15) is 30.7 Å². The maximum atomic E-state index is 11.5. The third-order valence-corrected chi connectivity index (χ3v) is 3.66. The lowest BCUT2D eigenvalue weighted by molar-refractivity contribution is -0.141. The zero-order valence-electron chi connectivity index (χ0n) is 10.7. The number of methoxy groups -OCH3 is 2. The predicted molar refractivity (Wildman–Crippen MR) is 67.3 cm³/mol. The minimum atomic E-state index is -0.786. The van der Waals surface area contributed by atoms with Crippen molar-refractivity contribution in [2.45, 2.75) is 25.2 Å². The molecular formula is C14H18O4. The number of benzene rings is 1. The van der Waals surface area contributed by atoms with E-state index in [1.54, 1.807) is 32.4 Å². The SMILES string of the molecule is COc1ccc(OC)c(C(C(=O)O)C2CCC2)c1. The number of hydrogen-bond acceptors (Lipinski definition) is 3. The highest BCUT2D eigenvalue weighted by Gasteiger charge is 2.35. The summed E-state index contributed by atoms with van der Waals surface area (Å²) in [5.74, 6) is 0.213. The van der Waals surface area contributed by atoms with Crippen LogP contribution in [0.25, 0.3) is 0 Å². The van der Waals surface area contributed by atoms with E-state index < -0.39 is 11.9 Å². The van der Waals surface area contributed by atoms with Gasteiger partial charge in [0.15, 0.2) is 0 Å². The van der Waals surface area contributed by atoms with Crippen molar-refractivity contribution in [1.29, 1.82) is 0 Å². The number of carbonyl (C=O) groups is 1. The average molecular weight is 250 g/mol. The molecule has 0 saturated heterocycles. The molecule has 0 radical (unpaired) electrons. The molecule has 0 aliphatic heterocycles. The molecule has 2 rings (SSSR count). The lowest BCUT2D eigenvalue weighted by Gasteiger charge is -2.32. The van der Waals surface area contributed by atoms with Crippen LogP contribution < -0.4 is 9.47 Å². The van der Waals surface area contributed by atoms with E-state index in [4.69, 9.17) is 9.47 Å². The second-order valence-corrected chi connectivity index (χ2v) is 4.61. The van der Waals surface area contributed by atoms with Crippen LogP contribution in [-0.4, -0.2) is 25.3 Å². The first kappa shape index (κ1) is 12.7. The van der Waals surface area contributed by atoms with Crippen LogP contribution in [-0.2, 0) is 4.79 Å². The van der Waals surface area contributed by atoms with Crippen molar-refractivity contribution in [1.82, 2.24) is 0 Å². The van der Waals surface area contributed by atoms with E-state index in [9.17, 15) is 9.90 Å². The fourth-order valence-electron chi connectivity index (χ4n) is 2.44. The fourth-order valence-corrected chi connectivity index (χ4v) is 2.44. The summed E-state index contributed by atoms with van der Waals surface area (Å²) in [6.07, 6.45) is 3.05. The Bertz CT molecular complexity index is 437. The minimum Gasteiger partial charge on any atom is -0.497 e. The van der Waals surface area contributed by atoms with Crippen LogP contribution in [0.2, 0.25) is 0 Å². The largest absolute Gasteiger partial charge is 0.497 e. The van der Waals surface area contributed by atoms with E-state index in [0.29, 0.717) is 17.1 Å². The van der Waals surface area contributed by atoms with Crippen LogP contribution in [0.5, 0.6) is 11.5 Å². The van der Waals surface area contributed by atoms with Gasteiger partial charge in [-0.25, -0.2) is 0 Å². The predicted octanol–water partition coefficient (Wildman–Crippen LogP) is 2.67. The zero-order valence-corrected chi connectivity index (χ0v) is 10.7. The van der Waals surface area contributed by atoms with Crippen molar-refractivity contribution in [2.24, 2.45) is 5.92 Å². The quantitative estimate of drug-likeness (QED) is 0.872. The van der Waals surface area contributed by atoms with E-state index in [0.717, 1.165) is 19.3 Å². The molecule has 1 N–H and O–H groups in total. The second kappa shape index (κ2) is 5.29. The summed E-state index contributed by atoms with van der Waals surface area (Å²) in [6, 6.07) is 5.32. The Labute approximate surface area is 107 Å². The van der Waals surface area contributed by atoms with Gasteiger partial charge >= 0.3 is 5.97 Å². The van der Waals surface area contributed by atoms with Crippen molar-refractivity contribution >= 4 is 5.97 Å². The van der Waals surface area contributed by atoms with E-state index in [1.165, 1.54) is 0 Å². The molecule has 1 saturated carbocycles. The molecule has 98 valence electrons. The average Bonchev–Trinajstić information content (AvgIpc) is 2.32. The van der Waals surface area contributed by atoms with Gasteiger partial charge in [0.2, 0.25) is 0 Å². The molecule has 0 bridgehead atoms. The van der Waals surface area contributed by atoms with Crippen LogP contribution in [0.15, 0.2) is 18.2 Å². The monoisotopic (exact) mass is 250 g/mol. The maximum absolute atomic E-state index is 11.5. The zero-order chi connectivity index (χ0) is 13.1. The molecule has 1 atom stereocenters. The molecule has 1 unspecified atom stereocenters. The van der Waals surface area contributed by atoms with Gasteiger partial charge in [-0.2, -0.15) is 0 Å². The van der Waals surface area contributed by atoms with Crippen molar-refractivity contribution < 1.29 is 19.4 Å². The number of ether oxygens (including phenoxy) is 2. The van der Waals surface area contributed by atoms with Crippen molar-refractivity contribution in [3.63, 3.8) is 0 Å². The molecule has 1 aromatic rings. The summed E-state index contributed by atoms with van der Waals surface area (Å²) in [4.78, 5) is 11.5. The Morgan fingerprint density at radius 2 is 2.06 bits per heavy atom. The van der Waals surface area contributed by atoms with Gasteiger partial charge in [-0.1, -0.05) is 6.42 Å². The highest BCUT2D eigenvalue weighted by Crippen LogP contribution is 2.43. The van der Waals surface area contributed by atoms with Gasteiger partial charge in [-0.05, 0) is 37.0 Å². The Balaban J connectivity index is 2.40. The standard InChI is InChI=1S/C14H18O4/c1-17-10-6-7-12(18-2)11(8-10)13(14(15)16)9-4-3-5-9/h6-9,13H,3-5H2,1-2H3,(H,15,16). The second-order valence-electron chi connectivity index (χ2n) is 4.61. The molecule has 1 fully saturated rings. The summed E-state index contributed by atoms with van der Waals surface area (Å²) in [5.41, 5.74) is 0.717. The summed E-state index contributed by atoms with van der Waals surface area (Å²) < 4.78 is 10.4. The molecule has 18 heavy (non-hydrogen) atoms. The first-order valence-corrected chi connectivity index (χ1v) is 6.12. The van der Waals surface area contributed by atoms with E-state index >= 15 is 0 Å². The number of hydrogen-bond donors (Lipinski definition) is 1. The third kappa shape index (κ3) is 2.28. The van der Waals surface area contributed by atoms with Crippen molar-refractivity contribution in [3.8, 4) is 11.5 Å². The topological polar surface area (TPSA) is 55.8 Å². The van der Waals surface area contributed by atoms with Crippen LogP contribution in [0.3, 0.4) is 0 Å². The first-order chi connectivity index (χ1) is 8.67. The number of rotatable bonds is 5. The summed E-state index contributed by atoms with van der Waals surface area (Å²) >= 11 is 0. The molecular weight excluding hydrogens is 232 g/mol. The lowest BCUT2D eigenvalue weighted by atomic mass is 9.73. The molecule has 0 amide bonds. The van der Waals surface area contributed by atoms with Gasteiger partial charge < -0.3 is 14.6 Å². The molecule has 0 spiro atoms. The molecule has 1 aromatic carbocycles. The van der Waals surface area contributed by atoms with E-state index in [2.05, 4.69) is 0 Å². The van der Waals surface area contributed by atoms with Gasteiger partial charge in [0.1, 0.15) is 11.5 Å². The van der Waals surface area contributed by atoms with Gasteiger partial charge in [0.05, 0.1) is 20.1 Å². The lowest BCUT2D eigenvalue weighted by Crippen LogP contribution is -2.27. The Kier molecular flexibility index (Phi) is 3.75. The molecule has 1 aliphatic rings. The normalized spacial score (nSPS) is 16.8. The highest BCUT2D eigenvalue weighted by atomic mass is 16.5.